The fourth-order valence-corrected chi connectivity index (χ4v) is 2.49. The summed E-state index contributed by atoms with van der Waals surface area (Å²) in [7, 11) is 1.86. The fraction of sp³-hybridized carbons (Fsp3) is 0.350. The number of carbonyl (C=O) groups excluding carboxylic acids is 1. The number of anilines is 1. The molecule has 0 unspecified atom stereocenters. The lowest BCUT2D eigenvalue weighted by Crippen LogP contribution is -2.32. The summed E-state index contributed by atoms with van der Waals surface area (Å²) in [6.07, 6.45) is 0.696. The number of alkyl halides is 2. The molecule has 0 saturated heterocycles. The summed E-state index contributed by atoms with van der Waals surface area (Å²) < 4.78 is 5.56. The Morgan fingerprint density at radius 3 is 2.31 bits per heavy atom. The maximum absolute atomic E-state index is 9.95. The second-order valence-corrected chi connectivity index (χ2v) is 7.89. The molecule has 2 rings (SSSR count). The molecule has 0 spiro atoms. The Kier molecular flexibility index (Phi) is 13.1. The quantitative estimate of drug-likeness (QED) is 0.263. The molecular formula is C20H24Cl4N2O3. The maximum Gasteiger partial charge on any atom is 0.162 e. The molecule has 160 valence electrons. The Hall–Kier alpha value is -1.21. The number of aliphatic hydroxyl groups excluding tert-OH is 1. The molecular weight excluding hydrogens is 458 g/mol. The fourth-order valence-electron chi connectivity index (χ4n) is 2.17. The van der Waals surface area contributed by atoms with Crippen molar-refractivity contribution in [3.05, 3.63) is 58.1 Å². The summed E-state index contributed by atoms with van der Waals surface area (Å²) in [5, 5.41) is 17.3. The van der Waals surface area contributed by atoms with Crippen LogP contribution in [-0.4, -0.2) is 49.1 Å². The van der Waals surface area contributed by atoms with Crippen LogP contribution in [0, 0.1) is 0 Å². The van der Waals surface area contributed by atoms with E-state index in [4.69, 9.17) is 51.1 Å². The number of aldehydes is 1. The molecule has 0 radical (unpaired) electrons. The van der Waals surface area contributed by atoms with Crippen molar-refractivity contribution in [2.75, 3.05) is 32.1 Å². The molecule has 29 heavy (non-hydrogen) atoms. The van der Waals surface area contributed by atoms with Crippen LogP contribution in [0.4, 0.5) is 5.69 Å². The van der Waals surface area contributed by atoms with Crippen LogP contribution in [0.3, 0.4) is 0 Å². The van der Waals surface area contributed by atoms with Crippen molar-refractivity contribution in [1.82, 2.24) is 5.32 Å². The van der Waals surface area contributed by atoms with Crippen LogP contribution in [0.1, 0.15) is 5.56 Å². The van der Waals surface area contributed by atoms with Crippen molar-refractivity contribution < 1.29 is 14.6 Å². The molecule has 2 aromatic carbocycles. The van der Waals surface area contributed by atoms with Gasteiger partial charge in [0, 0.05) is 19.3 Å². The Morgan fingerprint density at radius 1 is 1.10 bits per heavy atom. The van der Waals surface area contributed by atoms with Gasteiger partial charge in [-0.1, -0.05) is 52.5 Å². The van der Waals surface area contributed by atoms with Crippen LogP contribution in [0.2, 0.25) is 10.0 Å². The van der Waals surface area contributed by atoms with Crippen molar-refractivity contribution in [3.8, 4) is 5.75 Å². The number of nitrogens with one attached hydrogen (secondary N) is 2. The summed E-state index contributed by atoms with van der Waals surface area (Å²) in [6, 6.07) is 13.2. The largest absolute Gasteiger partial charge is 0.491 e. The lowest BCUT2D eigenvalue weighted by molar-refractivity contribution is -0.106. The Labute approximate surface area is 191 Å². The molecule has 1 atom stereocenters. The molecule has 2 aromatic rings. The molecule has 0 bridgehead atoms. The standard InChI is InChI=1S/C18H22Cl2N2O2.C2H2Cl2O/c1-21-14-3-5-16(6-4-14)24-12-15(23)11-22-9-8-13-2-7-17(19)18(20)10-13;3-2(4)1-5/h2-7,10,15,21-23H,8-9,11-12H2,1H3;1-2H/t15-;/m0./s1. The van der Waals surface area contributed by atoms with E-state index in [1.807, 2.05) is 43.4 Å². The van der Waals surface area contributed by atoms with Gasteiger partial charge in [0.05, 0.1) is 10.0 Å². The molecule has 0 aromatic heterocycles. The van der Waals surface area contributed by atoms with E-state index in [1.165, 1.54) is 0 Å². The van der Waals surface area contributed by atoms with E-state index >= 15 is 0 Å². The second-order valence-electron chi connectivity index (χ2n) is 5.91. The number of halogens is 4. The zero-order valence-corrected chi connectivity index (χ0v) is 18.9. The summed E-state index contributed by atoms with van der Waals surface area (Å²) in [5.74, 6) is 0.740. The zero-order chi connectivity index (χ0) is 21.6. The highest BCUT2D eigenvalue weighted by Crippen LogP contribution is 2.22. The normalized spacial score (nSPS) is 11.4. The first-order valence-electron chi connectivity index (χ1n) is 8.82. The minimum Gasteiger partial charge on any atom is -0.491 e. The van der Waals surface area contributed by atoms with Crippen molar-refractivity contribution in [1.29, 1.82) is 0 Å². The summed E-state index contributed by atoms with van der Waals surface area (Å²) in [4.78, 5) is 8.39. The van der Waals surface area contributed by atoms with Crippen molar-refractivity contribution in [2.45, 2.75) is 17.4 Å². The molecule has 0 amide bonds. The third-order valence-electron chi connectivity index (χ3n) is 3.64. The molecule has 0 aliphatic carbocycles. The van der Waals surface area contributed by atoms with Gasteiger partial charge < -0.3 is 25.3 Å². The number of hydrogen-bond acceptors (Lipinski definition) is 5. The zero-order valence-electron chi connectivity index (χ0n) is 15.9. The minimum absolute atomic E-state index is 0.249. The smallest absolute Gasteiger partial charge is 0.162 e. The van der Waals surface area contributed by atoms with Gasteiger partial charge in [-0.2, -0.15) is 0 Å². The van der Waals surface area contributed by atoms with Gasteiger partial charge in [-0.05, 0) is 54.9 Å². The topological polar surface area (TPSA) is 70.6 Å². The van der Waals surface area contributed by atoms with E-state index < -0.39 is 10.9 Å². The summed E-state index contributed by atoms with van der Waals surface area (Å²) in [5.41, 5.74) is 2.12. The first-order valence-corrected chi connectivity index (χ1v) is 10.4. The van der Waals surface area contributed by atoms with E-state index in [0.29, 0.717) is 22.9 Å². The number of benzene rings is 2. The number of ether oxygens (including phenoxy) is 1. The molecule has 0 aliphatic rings. The van der Waals surface area contributed by atoms with Crippen LogP contribution in [0.5, 0.6) is 5.75 Å². The monoisotopic (exact) mass is 480 g/mol. The molecule has 0 aliphatic heterocycles. The van der Waals surface area contributed by atoms with E-state index in [9.17, 15) is 9.90 Å². The second kappa shape index (κ2) is 14.7. The minimum atomic E-state index is -0.852. The predicted octanol–water partition coefficient (Wildman–Crippen LogP) is 4.60. The van der Waals surface area contributed by atoms with Crippen molar-refractivity contribution in [2.24, 2.45) is 0 Å². The van der Waals surface area contributed by atoms with Crippen LogP contribution in [0.25, 0.3) is 0 Å². The van der Waals surface area contributed by atoms with E-state index in [-0.39, 0.29) is 6.61 Å². The van der Waals surface area contributed by atoms with Crippen molar-refractivity contribution >= 4 is 58.4 Å². The molecule has 0 fully saturated rings. The lowest BCUT2D eigenvalue weighted by Gasteiger charge is -2.13. The average molecular weight is 482 g/mol. The molecule has 0 heterocycles. The van der Waals surface area contributed by atoms with Gasteiger partial charge in [-0.15, -0.1) is 0 Å². The van der Waals surface area contributed by atoms with Gasteiger partial charge in [0.1, 0.15) is 18.5 Å². The number of rotatable bonds is 10. The van der Waals surface area contributed by atoms with Gasteiger partial charge in [-0.25, -0.2) is 0 Å². The predicted molar refractivity (Wildman–Crippen MR) is 122 cm³/mol. The van der Waals surface area contributed by atoms with E-state index in [1.54, 1.807) is 6.07 Å². The number of hydrogen-bond donors (Lipinski definition) is 3. The number of aliphatic hydroxyl groups is 1. The highest BCUT2D eigenvalue weighted by atomic mass is 35.5. The third-order valence-corrected chi connectivity index (χ3v) is 4.59. The maximum atomic E-state index is 9.95. The SMILES string of the molecule is CNc1ccc(OC[C@@H](O)CNCCc2ccc(Cl)c(Cl)c2)cc1.O=CC(Cl)Cl. The molecule has 9 heteroatoms. The summed E-state index contributed by atoms with van der Waals surface area (Å²) >= 11 is 21.6. The van der Waals surface area contributed by atoms with Gasteiger partial charge in [-0.3, -0.25) is 0 Å². The highest BCUT2D eigenvalue weighted by molar-refractivity contribution is 6.51. The highest BCUT2D eigenvalue weighted by Gasteiger charge is 2.05. The first-order chi connectivity index (χ1) is 13.8. The Bertz CT molecular complexity index is 730. The molecule has 5 nitrogen and oxygen atoms in total. The number of carbonyl (C=O) groups is 1. The molecule has 3 N–H and O–H groups in total. The van der Waals surface area contributed by atoms with E-state index in [2.05, 4.69) is 10.6 Å². The van der Waals surface area contributed by atoms with Crippen LogP contribution in [0.15, 0.2) is 42.5 Å². The Balaban J connectivity index is 0.000000749. The summed E-state index contributed by atoms with van der Waals surface area (Å²) in [6.45, 7) is 1.46. The van der Waals surface area contributed by atoms with Crippen molar-refractivity contribution in [3.63, 3.8) is 0 Å². The average Bonchev–Trinajstić information content (AvgIpc) is 2.73. The lowest BCUT2D eigenvalue weighted by atomic mass is 10.1. The van der Waals surface area contributed by atoms with E-state index in [0.717, 1.165) is 30.0 Å². The van der Waals surface area contributed by atoms with Gasteiger partial charge in [0.2, 0.25) is 0 Å². The molecule has 0 saturated carbocycles. The van der Waals surface area contributed by atoms with Gasteiger partial charge >= 0.3 is 0 Å². The van der Waals surface area contributed by atoms with Crippen LogP contribution >= 0.6 is 46.4 Å². The van der Waals surface area contributed by atoms with Gasteiger partial charge in [0.15, 0.2) is 11.1 Å². The van der Waals surface area contributed by atoms with Crippen LogP contribution < -0.4 is 15.4 Å². The third kappa shape index (κ3) is 11.5. The van der Waals surface area contributed by atoms with Gasteiger partial charge in [0.25, 0.3) is 0 Å². The first kappa shape index (κ1) is 25.8. The van der Waals surface area contributed by atoms with Crippen LogP contribution in [-0.2, 0) is 11.2 Å². The Morgan fingerprint density at radius 2 is 1.76 bits per heavy atom.